The van der Waals surface area contributed by atoms with Crippen molar-refractivity contribution in [3.8, 4) is 11.8 Å². The third-order valence-electron chi connectivity index (χ3n) is 3.42. The summed E-state index contributed by atoms with van der Waals surface area (Å²) in [6.45, 7) is 0.614. The number of benzene rings is 2. The van der Waals surface area contributed by atoms with E-state index >= 15 is 0 Å². The highest BCUT2D eigenvalue weighted by molar-refractivity contribution is 6.31. The summed E-state index contributed by atoms with van der Waals surface area (Å²) in [5.74, 6) is -0.0673. The fourth-order valence-corrected chi connectivity index (χ4v) is 2.32. The number of amides is 1. The van der Waals surface area contributed by atoms with Crippen LogP contribution in [0.3, 0.4) is 0 Å². The molecule has 0 saturated heterocycles. The number of ether oxygens (including phenoxy) is 1. The molecule has 0 saturated carbocycles. The molecule has 0 aliphatic carbocycles. The highest BCUT2D eigenvalue weighted by Gasteiger charge is 2.12. The average Bonchev–Trinajstić information content (AvgIpc) is 2.63. The molecule has 0 bridgehead atoms. The van der Waals surface area contributed by atoms with Crippen LogP contribution in [0.5, 0.6) is 5.75 Å². The maximum atomic E-state index is 12.2. The third-order valence-corrected chi connectivity index (χ3v) is 3.66. The Morgan fingerprint density at radius 3 is 2.72 bits per heavy atom. The van der Waals surface area contributed by atoms with Crippen molar-refractivity contribution in [3.05, 3.63) is 70.9 Å². The second kappa shape index (κ2) is 9.36. The van der Waals surface area contributed by atoms with Crippen LogP contribution in [0, 0.1) is 11.3 Å². The Morgan fingerprint density at radius 2 is 2.04 bits per heavy atom. The van der Waals surface area contributed by atoms with Crippen molar-refractivity contribution < 1.29 is 9.53 Å². The zero-order valence-electron chi connectivity index (χ0n) is 13.8. The Labute approximate surface area is 151 Å². The second-order valence-electron chi connectivity index (χ2n) is 5.16. The minimum Gasteiger partial charge on any atom is -0.495 e. The SMILES string of the molecule is COc1ccc(Cl)cc1NC(=O)/C(C#N)=C\NCCc1ccccc1. The highest BCUT2D eigenvalue weighted by Crippen LogP contribution is 2.27. The number of halogens is 1. The molecule has 0 aliphatic rings. The summed E-state index contributed by atoms with van der Waals surface area (Å²) in [6, 6.07) is 16.7. The lowest BCUT2D eigenvalue weighted by molar-refractivity contribution is -0.112. The van der Waals surface area contributed by atoms with Crippen molar-refractivity contribution in [1.29, 1.82) is 5.26 Å². The number of carbonyl (C=O) groups excluding carboxylic acids is 1. The van der Waals surface area contributed by atoms with Crippen molar-refractivity contribution in [2.24, 2.45) is 0 Å². The van der Waals surface area contributed by atoms with Gasteiger partial charge >= 0.3 is 0 Å². The first-order chi connectivity index (χ1) is 12.1. The van der Waals surface area contributed by atoms with E-state index in [2.05, 4.69) is 10.6 Å². The molecule has 0 radical (unpaired) electrons. The van der Waals surface area contributed by atoms with Crippen LogP contribution in [0.2, 0.25) is 5.02 Å². The number of nitrogens with zero attached hydrogens (tertiary/aromatic N) is 1. The first-order valence-electron chi connectivity index (χ1n) is 7.66. The second-order valence-corrected chi connectivity index (χ2v) is 5.59. The van der Waals surface area contributed by atoms with Crippen molar-refractivity contribution in [3.63, 3.8) is 0 Å². The first kappa shape index (κ1) is 18.4. The van der Waals surface area contributed by atoms with Crippen LogP contribution < -0.4 is 15.4 Å². The van der Waals surface area contributed by atoms with Crippen molar-refractivity contribution >= 4 is 23.2 Å². The molecule has 2 N–H and O–H groups in total. The average molecular weight is 356 g/mol. The molecule has 0 spiro atoms. The summed E-state index contributed by atoms with van der Waals surface area (Å²) in [7, 11) is 1.49. The van der Waals surface area contributed by atoms with E-state index in [0.717, 1.165) is 6.42 Å². The molecule has 25 heavy (non-hydrogen) atoms. The fraction of sp³-hybridized carbons (Fsp3) is 0.158. The van der Waals surface area contributed by atoms with Gasteiger partial charge in [-0.1, -0.05) is 41.9 Å². The molecule has 0 aliphatic heterocycles. The molecule has 128 valence electrons. The Hall–Kier alpha value is -2.97. The van der Waals surface area contributed by atoms with Gasteiger partial charge in [0, 0.05) is 17.8 Å². The molecule has 0 atom stereocenters. The summed E-state index contributed by atoms with van der Waals surface area (Å²) >= 11 is 5.93. The zero-order valence-corrected chi connectivity index (χ0v) is 14.5. The number of nitrogens with one attached hydrogen (secondary N) is 2. The quantitative estimate of drug-likeness (QED) is 0.452. The van der Waals surface area contributed by atoms with Crippen molar-refractivity contribution in [2.75, 3.05) is 19.0 Å². The van der Waals surface area contributed by atoms with Gasteiger partial charge in [-0.05, 0) is 30.2 Å². The summed E-state index contributed by atoms with van der Waals surface area (Å²) in [5, 5.41) is 15.3. The molecule has 5 nitrogen and oxygen atoms in total. The van der Waals surface area contributed by atoms with E-state index in [9.17, 15) is 10.1 Å². The van der Waals surface area contributed by atoms with Gasteiger partial charge in [0.05, 0.1) is 12.8 Å². The Bertz CT molecular complexity index is 798. The van der Waals surface area contributed by atoms with Crippen LogP contribution in [-0.4, -0.2) is 19.6 Å². The van der Waals surface area contributed by atoms with Gasteiger partial charge in [0.25, 0.3) is 5.91 Å². The predicted molar refractivity (Wildman–Crippen MR) is 98.5 cm³/mol. The van der Waals surface area contributed by atoms with E-state index in [-0.39, 0.29) is 5.57 Å². The molecule has 2 aromatic rings. The Balaban J connectivity index is 1.96. The fourth-order valence-electron chi connectivity index (χ4n) is 2.15. The van der Waals surface area contributed by atoms with Crippen molar-refractivity contribution in [1.82, 2.24) is 5.32 Å². The zero-order chi connectivity index (χ0) is 18.1. The van der Waals surface area contributed by atoms with E-state index in [1.807, 2.05) is 36.4 Å². The lowest BCUT2D eigenvalue weighted by atomic mass is 10.1. The summed E-state index contributed by atoms with van der Waals surface area (Å²) in [4.78, 5) is 12.2. The smallest absolute Gasteiger partial charge is 0.267 e. The maximum Gasteiger partial charge on any atom is 0.267 e. The number of rotatable bonds is 7. The Kier molecular flexibility index (Phi) is 6.87. The lowest BCUT2D eigenvalue weighted by Crippen LogP contribution is -2.18. The van der Waals surface area contributed by atoms with Gasteiger partial charge in [-0.15, -0.1) is 0 Å². The van der Waals surface area contributed by atoms with Crippen LogP contribution >= 0.6 is 11.6 Å². The number of hydrogen-bond acceptors (Lipinski definition) is 4. The molecule has 6 heteroatoms. The van der Waals surface area contributed by atoms with E-state index < -0.39 is 5.91 Å². The topological polar surface area (TPSA) is 74.1 Å². The Morgan fingerprint density at radius 1 is 1.28 bits per heavy atom. The monoisotopic (exact) mass is 355 g/mol. The van der Waals surface area contributed by atoms with E-state index in [0.29, 0.717) is 23.0 Å². The van der Waals surface area contributed by atoms with Gasteiger partial charge in [-0.2, -0.15) is 5.26 Å². The maximum absolute atomic E-state index is 12.2. The highest BCUT2D eigenvalue weighted by atomic mass is 35.5. The summed E-state index contributed by atoms with van der Waals surface area (Å²) in [5.41, 5.74) is 1.55. The largest absolute Gasteiger partial charge is 0.495 e. The number of nitriles is 1. The number of methoxy groups -OCH3 is 1. The van der Waals surface area contributed by atoms with Gasteiger partial charge in [0.1, 0.15) is 17.4 Å². The molecule has 0 aromatic heterocycles. The normalized spacial score (nSPS) is 10.7. The standard InChI is InChI=1S/C19H18ClN3O2/c1-25-18-8-7-16(20)11-17(18)23-19(24)15(12-21)13-22-10-9-14-5-3-2-4-6-14/h2-8,11,13,22H,9-10H2,1H3,(H,23,24)/b15-13-. The van der Waals surface area contributed by atoms with Gasteiger partial charge in [-0.3, -0.25) is 4.79 Å². The molecule has 0 fully saturated rings. The summed E-state index contributed by atoms with van der Waals surface area (Å²) in [6.07, 6.45) is 2.20. The third kappa shape index (κ3) is 5.55. The first-order valence-corrected chi connectivity index (χ1v) is 8.04. The van der Waals surface area contributed by atoms with Gasteiger partial charge in [-0.25, -0.2) is 0 Å². The molecule has 1 amide bonds. The van der Waals surface area contributed by atoms with Crippen LogP contribution in [-0.2, 0) is 11.2 Å². The lowest BCUT2D eigenvalue weighted by Gasteiger charge is -2.10. The van der Waals surface area contributed by atoms with Crippen LogP contribution in [0.15, 0.2) is 60.3 Å². The molecular formula is C19H18ClN3O2. The van der Waals surface area contributed by atoms with E-state index in [1.54, 1.807) is 18.2 Å². The molecule has 0 unspecified atom stereocenters. The van der Waals surface area contributed by atoms with Crippen LogP contribution in [0.4, 0.5) is 5.69 Å². The molecule has 0 heterocycles. The number of carbonyl (C=O) groups is 1. The number of hydrogen-bond donors (Lipinski definition) is 2. The van der Waals surface area contributed by atoms with Crippen LogP contribution in [0.1, 0.15) is 5.56 Å². The predicted octanol–water partition coefficient (Wildman–Crippen LogP) is 3.53. The number of anilines is 1. The minimum atomic E-state index is -0.532. The van der Waals surface area contributed by atoms with Gasteiger partial charge < -0.3 is 15.4 Å². The molecular weight excluding hydrogens is 338 g/mol. The van der Waals surface area contributed by atoms with Crippen LogP contribution in [0.25, 0.3) is 0 Å². The van der Waals surface area contributed by atoms with E-state index in [1.165, 1.54) is 18.9 Å². The molecule has 2 rings (SSSR count). The minimum absolute atomic E-state index is 0.0323. The van der Waals surface area contributed by atoms with Gasteiger partial charge in [0.15, 0.2) is 0 Å². The summed E-state index contributed by atoms with van der Waals surface area (Å²) < 4.78 is 5.17. The van der Waals surface area contributed by atoms with Crippen molar-refractivity contribution in [2.45, 2.75) is 6.42 Å². The molecule has 2 aromatic carbocycles. The van der Waals surface area contributed by atoms with E-state index in [4.69, 9.17) is 16.3 Å². The van der Waals surface area contributed by atoms with Gasteiger partial charge in [0.2, 0.25) is 0 Å².